The van der Waals surface area contributed by atoms with Gasteiger partial charge in [0.1, 0.15) is 6.04 Å². The van der Waals surface area contributed by atoms with E-state index in [0.29, 0.717) is 18.6 Å². The van der Waals surface area contributed by atoms with Crippen LogP contribution in [0.3, 0.4) is 0 Å². The van der Waals surface area contributed by atoms with Crippen LogP contribution in [0.2, 0.25) is 0 Å². The minimum absolute atomic E-state index is 0. The van der Waals surface area contributed by atoms with Crippen molar-refractivity contribution in [1.82, 2.24) is 15.3 Å². The summed E-state index contributed by atoms with van der Waals surface area (Å²) < 4.78 is 0. The Balaban J connectivity index is 0.00000432. The predicted molar refractivity (Wildman–Crippen MR) is 121 cm³/mol. The van der Waals surface area contributed by atoms with Crippen molar-refractivity contribution < 1.29 is 80.8 Å². The van der Waals surface area contributed by atoms with Crippen molar-refractivity contribution in [2.75, 3.05) is 34.4 Å². The third-order valence-corrected chi connectivity index (χ3v) is 5.12. The summed E-state index contributed by atoms with van der Waals surface area (Å²) in [4.78, 5) is 65.7. The Morgan fingerprint density at radius 1 is 1.26 bits per heavy atom. The topological polar surface area (TPSA) is 220 Å². The Hall–Kier alpha value is -2.98. The van der Waals surface area contributed by atoms with E-state index in [2.05, 4.69) is 25.9 Å². The summed E-state index contributed by atoms with van der Waals surface area (Å²) in [5, 5.41) is 26.3. The molecule has 15 heteroatoms. The fraction of sp³-hybridized carbons (Fsp3) is 0.300. The number of rotatable bonds is 10. The zero-order valence-corrected chi connectivity index (χ0v) is 21.9. The molecule has 2 amide bonds. The molecule has 0 aliphatic carbocycles. The van der Waals surface area contributed by atoms with Gasteiger partial charge in [-0.25, -0.2) is 4.79 Å². The molecule has 180 valence electrons. The molecule has 2 atom stereocenters. The zero-order valence-electron chi connectivity index (χ0n) is 18.8. The van der Waals surface area contributed by atoms with Crippen LogP contribution in [0.5, 0.6) is 0 Å². The molecule has 1 aromatic heterocycles. The van der Waals surface area contributed by atoms with Gasteiger partial charge in [-0.1, -0.05) is 0 Å². The number of carbonyl (C=O) groups is 4. The Labute approximate surface area is 241 Å². The van der Waals surface area contributed by atoms with Gasteiger partial charge in [0.15, 0.2) is 11.5 Å². The van der Waals surface area contributed by atoms with E-state index in [4.69, 9.17) is 10.8 Å². The molecule has 2 heterocycles. The van der Waals surface area contributed by atoms with Crippen LogP contribution < -0.4 is 83.5 Å². The third kappa shape index (κ3) is 7.25. The molecule has 1 aromatic carbocycles. The van der Waals surface area contributed by atoms with Crippen LogP contribution in [-0.2, 0) is 14.4 Å². The largest absolute Gasteiger partial charge is 1.00 e. The first-order valence-corrected chi connectivity index (χ1v) is 10.2. The van der Waals surface area contributed by atoms with Gasteiger partial charge in [-0.3, -0.25) is 24.2 Å². The van der Waals surface area contributed by atoms with Crippen LogP contribution in [0.25, 0.3) is 0 Å². The zero-order chi connectivity index (χ0) is 24.8. The number of aromatic nitrogens is 2. The van der Waals surface area contributed by atoms with Crippen molar-refractivity contribution in [3.05, 3.63) is 40.2 Å². The predicted octanol–water partition coefficient (Wildman–Crippen LogP) is -3.73. The molecule has 0 spiro atoms. The molecule has 0 saturated carbocycles. The monoisotopic (exact) mass is 512 g/mol. The average Bonchev–Trinajstić information content (AvgIpc) is 2.79. The van der Waals surface area contributed by atoms with Gasteiger partial charge in [-0.05, 0) is 30.7 Å². The van der Waals surface area contributed by atoms with Crippen LogP contribution in [0.1, 0.15) is 23.2 Å². The first kappa shape index (κ1) is 28.3. The number of H-pyrrole nitrogens is 1. The number of hydrogen-bond donors (Lipinski definition) is 7. The average molecular weight is 513 g/mol. The van der Waals surface area contributed by atoms with Gasteiger partial charge in [-0.15, -0.1) is 0 Å². The van der Waals surface area contributed by atoms with Crippen molar-refractivity contribution in [2.45, 2.75) is 24.9 Å². The molecule has 0 bridgehead atoms. The molecule has 3 rings (SSSR count). The van der Waals surface area contributed by atoms with Gasteiger partial charge in [0.25, 0.3) is 11.5 Å². The number of nitrogens with one attached hydrogen (secondary N) is 4. The standard InChI is InChI=1S/C20H23N7O7.K/c21-20-25-16-15(18(32)26-20)27(9-28)12(8-23-16)7-22-11-3-1-10(2-4-11)17(31)24-13(19(33)34)5-6-14(29)30;/h1-4,9,12-13,22H,5-8H2,(H,24,31)(H,29,30)(H,33,34)(H4,21,23,25,26,32);/q;+1. The fourth-order valence-electron chi connectivity index (χ4n) is 3.39. The second-order valence-electron chi connectivity index (χ2n) is 7.45. The Morgan fingerprint density at radius 2 is 1.94 bits per heavy atom. The number of nitrogen functional groups attached to an aromatic ring is 1. The Kier molecular flexibility index (Phi) is 10.2. The van der Waals surface area contributed by atoms with E-state index in [1.54, 1.807) is 12.1 Å². The normalized spacial score (nSPS) is 15.0. The number of amides is 2. The summed E-state index contributed by atoms with van der Waals surface area (Å²) in [7, 11) is 0. The van der Waals surface area contributed by atoms with E-state index in [1.165, 1.54) is 17.0 Å². The van der Waals surface area contributed by atoms with Gasteiger partial charge < -0.3 is 36.8 Å². The summed E-state index contributed by atoms with van der Waals surface area (Å²) in [6.07, 6.45) is -0.101. The maximum absolute atomic E-state index is 12.3. The summed E-state index contributed by atoms with van der Waals surface area (Å²) in [6, 6.07) is 4.36. The molecule has 14 nitrogen and oxygen atoms in total. The first-order chi connectivity index (χ1) is 16.2. The van der Waals surface area contributed by atoms with E-state index >= 15 is 0 Å². The second kappa shape index (κ2) is 12.6. The van der Waals surface area contributed by atoms with Gasteiger partial charge in [0, 0.05) is 30.8 Å². The van der Waals surface area contributed by atoms with Crippen LogP contribution in [0, 0.1) is 0 Å². The van der Waals surface area contributed by atoms with Crippen molar-refractivity contribution in [3.8, 4) is 0 Å². The van der Waals surface area contributed by atoms with Crippen molar-refractivity contribution in [1.29, 1.82) is 0 Å². The van der Waals surface area contributed by atoms with Crippen LogP contribution in [0.4, 0.5) is 23.1 Å². The number of carboxylic acids is 2. The van der Waals surface area contributed by atoms with Crippen molar-refractivity contribution in [2.24, 2.45) is 0 Å². The molecule has 1 aliphatic heterocycles. The molecule has 8 N–H and O–H groups in total. The Morgan fingerprint density at radius 3 is 2.54 bits per heavy atom. The maximum Gasteiger partial charge on any atom is 1.00 e. The smallest absolute Gasteiger partial charge is 0.481 e. The molecular formula is C20H23KN7O7+. The number of nitrogens with two attached hydrogens (primary N) is 1. The van der Waals surface area contributed by atoms with E-state index in [0.717, 1.165) is 0 Å². The second-order valence-corrected chi connectivity index (χ2v) is 7.45. The van der Waals surface area contributed by atoms with Gasteiger partial charge >= 0.3 is 63.3 Å². The van der Waals surface area contributed by atoms with E-state index in [9.17, 15) is 29.1 Å². The molecule has 2 aromatic rings. The minimum atomic E-state index is -1.33. The molecule has 1 aliphatic rings. The van der Waals surface area contributed by atoms with E-state index in [-0.39, 0.29) is 87.4 Å². The van der Waals surface area contributed by atoms with E-state index in [1.807, 2.05) is 0 Å². The van der Waals surface area contributed by atoms with Crippen molar-refractivity contribution in [3.63, 3.8) is 0 Å². The number of anilines is 4. The summed E-state index contributed by atoms with van der Waals surface area (Å²) >= 11 is 0. The number of benzene rings is 1. The van der Waals surface area contributed by atoms with Crippen LogP contribution >= 0.6 is 0 Å². The third-order valence-electron chi connectivity index (χ3n) is 5.12. The Bertz CT molecular complexity index is 1160. The summed E-state index contributed by atoms with van der Waals surface area (Å²) in [6.45, 7) is 0.568. The number of fused-ring (bicyclic) bond motifs is 1. The van der Waals surface area contributed by atoms with Gasteiger partial charge in [-0.2, -0.15) is 4.98 Å². The molecular weight excluding hydrogens is 489 g/mol. The van der Waals surface area contributed by atoms with E-state index < -0.39 is 41.9 Å². The number of aliphatic carboxylic acids is 2. The SMILES string of the molecule is Nc1nc2c(c(=O)[nH]1)N(C=O)C(CNc1ccc(C(=O)NC(CCC(=O)O)C(=O)O)cc1)CN2.[K+]. The minimum Gasteiger partial charge on any atom is -0.481 e. The van der Waals surface area contributed by atoms with Crippen LogP contribution in [0.15, 0.2) is 29.1 Å². The molecule has 0 radical (unpaired) electrons. The van der Waals surface area contributed by atoms with Crippen LogP contribution in [-0.4, -0.2) is 69.6 Å². The molecule has 0 saturated heterocycles. The number of hydrogen-bond acceptors (Lipinski definition) is 9. The summed E-state index contributed by atoms with van der Waals surface area (Å²) in [5.41, 5.74) is 5.84. The quantitative estimate of drug-likeness (QED) is 0.121. The molecule has 35 heavy (non-hydrogen) atoms. The van der Waals surface area contributed by atoms with Gasteiger partial charge in [0.05, 0.1) is 6.04 Å². The number of nitrogens with zero attached hydrogens (tertiary/aromatic N) is 2. The van der Waals surface area contributed by atoms with Gasteiger partial charge in [0.2, 0.25) is 12.4 Å². The van der Waals surface area contributed by atoms with Crippen molar-refractivity contribution >= 4 is 47.4 Å². The number of aromatic amines is 1. The number of carboxylic acid groups (broad SMARTS) is 2. The molecule has 2 unspecified atom stereocenters. The molecule has 0 fully saturated rings. The fourth-order valence-corrected chi connectivity index (χ4v) is 3.39. The maximum atomic E-state index is 12.3. The first-order valence-electron chi connectivity index (χ1n) is 10.2. The number of carbonyl (C=O) groups excluding carboxylic acids is 2. The summed E-state index contributed by atoms with van der Waals surface area (Å²) in [5.74, 6) is -3.00.